The molecule has 0 aliphatic rings. The van der Waals surface area contributed by atoms with Gasteiger partial charge in [0.05, 0.1) is 0 Å². The fourth-order valence-corrected chi connectivity index (χ4v) is 3.95. The minimum absolute atomic E-state index is 1.11. The molecule has 0 atom stereocenters. The molecule has 1 N–H and O–H groups in total. The Kier molecular flexibility index (Phi) is 3.97. The lowest BCUT2D eigenvalue weighted by Crippen LogP contribution is -1.89. The van der Waals surface area contributed by atoms with E-state index in [0.717, 1.165) is 11.4 Å². The lowest BCUT2D eigenvalue weighted by atomic mass is 10.1. The number of nitrogens with one attached hydrogen (secondary N) is 1. The molecule has 0 saturated heterocycles. The van der Waals surface area contributed by atoms with E-state index in [2.05, 4.69) is 88.9 Å². The van der Waals surface area contributed by atoms with Crippen LogP contribution in [0.25, 0.3) is 20.9 Å². The maximum absolute atomic E-state index is 3.46. The first-order chi connectivity index (χ1) is 11.4. The van der Waals surface area contributed by atoms with Gasteiger partial charge in [-0.1, -0.05) is 36.4 Å². The van der Waals surface area contributed by atoms with Gasteiger partial charge in [-0.15, -0.1) is 22.7 Å². The quantitative estimate of drug-likeness (QED) is 0.429. The SMILES string of the molecule is c1csc(-c2ccc(Nc3ccc(-c4cccs4)cc3)cc2)c1. The summed E-state index contributed by atoms with van der Waals surface area (Å²) in [7, 11) is 0. The largest absolute Gasteiger partial charge is 0.356 e. The van der Waals surface area contributed by atoms with Crippen molar-refractivity contribution in [2.45, 2.75) is 0 Å². The maximum atomic E-state index is 3.46. The van der Waals surface area contributed by atoms with Crippen molar-refractivity contribution >= 4 is 34.0 Å². The Labute approximate surface area is 143 Å². The van der Waals surface area contributed by atoms with Gasteiger partial charge in [-0.3, -0.25) is 0 Å². The predicted octanol–water partition coefficient (Wildman–Crippen LogP) is 6.89. The van der Waals surface area contributed by atoms with Crippen molar-refractivity contribution in [3.8, 4) is 20.9 Å². The minimum atomic E-state index is 1.11. The maximum Gasteiger partial charge on any atom is 0.0384 e. The van der Waals surface area contributed by atoms with Gasteiger partial charge in [0.15, 0.2) is 0 Å². The Morgan fingerprint density at radius 2 is 0.957 bits per heavy atom. The van der Waals surface area contributed by atoms with Gasteiger partial charge >= 0.3 is 0 Å². The van der Waals surface area contributed by atoms with Gasteiger partial charge < -0.3 is 5.32 Å². The van der Waals surface area contributed by atoms with Gasteiger partial charge in [0.2, 0.25) is 0 Å². The molecule has 0 amide bonds. The molecule has 23 heavy (non-hydrogen) atoms. The third-order valence-electron chi connectivity index (χ3n) is 3.67. The fourth-order valence-electron chi connectivity index (χ4n) is 2.49. The Balaban J connectivity index is 1.49. The van der Waals surface area contributed by atoms with E-state index in [9.17, 15) is 0 Å². The fraction of sp³-hybridized carbons (Fsp3) is 0. The van der Waals surface area contributed by atoms with Crippen molar-refractivity contribution < 1.29 is 0 Å². The topological polar surface area (TPSA) is 12.0 Å². The zero-order chi connectivity index (χ0) is 15.5. The molecule has 112 valence electrons. The molecule has 2 aromatic carbocycles. The van der Waals surface area contributed by atoms with Crippen molar-refractivity contribution in [1.82, 2.24) is 0 Å². The van der Waals surface area contributed by atoms with Crippen LogP contribution in [0, 0.1) is 0 Å². The third-order valence-corrected chi connectivity index (χ3v) is 5.51. The van der Waals surface area contributed by atoms with Gasteiger partial charge in [0.25, 0.3) is 0 Å². The molecule has 4 aromatic rings. The van der Waals surface area contributed by atoms with E-state index in [1.807, 2.05) is 0 Å². The third kappa shape index (κ3) is 3.21. The van der Waals surface area contributed by atoms with E-state index in [1.165, 1.54) is 20.9 Å². The summed E-state index contributed by atoms with van der Waals surface area (Å²) in [6, 6.07) is 25.6. The zero-order valence-electron chi connectivity index (χ0n) is 12.4. The highest BCUT2D eigenvalue weighted by Gasteiger charge is 2.01. The average Bonchev–Trinajstić information content (AvgIpc) is 3.30. The van der Waals surface area contributed by atoms with Gasteiger partial charge in [-0.2, -0.15) is 0 Å². The monoisotopic (exact) mass is 333 g/mol. The summed E-state index contributed by atoms with van der Waals surface area (Å²) < 4.78 is 0. The van der Waals surface area contributed by atoms with Gasteiger partial charge in [-0.25, -0.2) is 0 Å². The van der Waals surface area contributed by atoms with Crippen LogP contribution in [0.4, 0.5) is 11.4 Å². The van der Waals surface area contributed by atoms with E-state index >= 15 is 0 Å². The molecule has 0 spiro atoms. The number of anilines is 2. The van der Waals surface area contributed by atoms with E-state index in [0.29, 0.717) is 0 Å². The smallest absolute Gasteiger partial charge is 0.0384 e. The molecular weight excluding hydrogens is 318 g/mol. The summed E-state index contributed by atoms with van der Waals surface area (Å²) in [5.74, 6) is 0. The number of hydrogen-bond donors (Lipinski definition) is 1. The van der Waals surface area contributed by atoms with Crippen LogP contribution in [0.3, 0.4) is 0 Å². The van der Waals surface area contributed by atoms with E-state index in [-0.39, 0.29) is 0 Å². The second-order valence-electron chi connectivity index (χ2n) is 5.23. The second-order valence-corrected chi connectivity index (χ2v) is 7.13. The zero-order valence-corrected chi connectivity index (χ0v) is 14.0. The van der Waals surface area contributed by atoms with Crippen molar-refractivity contribution in [3.05, 3.63) is 83.6 Å². The van der Waals surface area contributed by atoms with Crippen LogP contribution < -0.4 is 5.32 Å². The highest BCUT2D eigenvalue weighted by Crippen LogP contribution is 2.28. The van der Waals surface area contributed by atoms with Crippen LogP contribution >= 0.6 is 22.7 Å². The molecule has 0 saturated carbocycles. The first-order valence-corrected chi connectivity index (χ1v) is 9.19. The highest BCUT2D eigenvalue weighted by atomic mass is 32.1. The summed E-state index contributed by atoms with van der Waals surface area (Å²) in [5, 5.41) is 7.67. The standard InChI is InChI=1S/C20H15NS2/c1-3-19(22-13-1)15-5-9-17(10-6-15)21-18-11-7-16(8-12-18)20-4-2-14-23-20/h1-14,21H. The average molecular weight is 333 g/mol. The first-order valence-electron chi connectivity index (χ1n) is 7.43. The number of benzene rings is 2. The van der Waals surface area contributed by atoms with Gasteiger partial charge in [0.1, 0.15) is 0 Å². The molecule has 0 unspecified atom stereocenters. The Morgan fingerprint density at radius 1 is 0.522 bits per heavy atom. The number of thiophene rings is 2. The molecule has 0 fully saturated rings. The van der Waals surface area contributed by atoms with E-state index in [1.54, 1.807) is 22.7 Å². The molecule has 0 aliphatic heterocycles. The lowest BCUT2D eigenvalue weighted by molar-refractivity contribution is 1.55. The van der Waals surface area contributed by atoms with Gasteiger partial charge in [0, 0.05) is 21.1 Å². The molecule has 0 bridgehead atoms. The predicted molar refractivity (Wildman–Crippen MR) is 103 cm³/mol. The molecule has 1 nitrogen and oxygen atoms in total. The van der Waals surface area contributed by atoms with Crippen LogP contribution in [0.1, 0.15) is 0 Å². The van der Waals surface area contributed by atoms with Crippen LogP contribution in [-0.2, 0) is 0 Å². The summed E-state index contributed by atoms with van der Waals surface area (Å²) in [4.78, 5) is 2.61. The van der Waals surface area contributed by atoms with Gasteiger partial charge in [-0.05, 0) is 58.3 Å². The van der Waals surface area contributed by atoms with E-state index in [4.69, 9.17) is 0 Å². The Hall–Kier alpha value is -2.36. The molecule has 2 aromatic heterocycles. The molecule has 0 aliphatic carbocycles. The summed E-state index contributed by atoms with van der Waals surface area (Å²) in [6.07, 6.45) is 0. The minimum Gasteiger partial charge on any atom is -0.356 e. The van der Waals surface area contributed by atoms with Crippen LogP contribution in [0.2, 0.25) is 0 Å². The van der Waals surface area contributed by atoms with Crippen molar-refractivity contribution in [3.63, 3.8) is 0 Å². The van der Waals surface area contributed by atoms with Crippen molar-refractivity contribution in [2.24, 2.45) is 0 Å². The molecular formula is C20H15NS2. The second kappa shape index (κ2) is 6.41. The Bertz CT molecular complexity index is 783. The van der Waals surface area contributed by atoms with Crippen LogP contribution in [0.5, 0.6) is 0 Å². The van der Waals surface area contributed by atoms with Crippen molar-refractivity contribution in [2.75, 3.05) is 5.32 Å². The molecule has 2 heterocycles. The molecule has 4 rings (SSSR count). The first kappa shape index (κ1) is 14.2. The van der Waals surface area contributed by atoms with Crippen LogP contribution in [0.15, 0.2) is 83.6 Å². The summed E-state index contributed by atoms with van der Waals surface area (Å²) in [6.45, 7) is 0. The molecule has 3 heteroatoms. The van der Waals surface area contributed by atoms with Crippen molar-refractivity contribution in [1.29, 1.82) is 0 Å². The molecule has 0 radical (unpaired) electrons. The summed E-state index contributed by atoms with van der Waals surface area (Å²) >= 11 is 3.53. The number of rotatable bonds is 4. The lowest BCUT2D eigenvalue weighted by Gasteiger charge is -2.08. The van der Waals surface area contributed by atoms with E-state index < -0.39 is 0 Å². The Morgan fingerprint density at radius 3 is 1.30 bits per heavy atom. The number of hydrogen-bond acceptors (Lipinski definition) is 3. The summed E-state index contributed by atoms with van der Waals surface area (Å²) in [5.41, 5.74) is 4.74. The normalized spacial score (nSPS) is 10.6. The highest BCUT2D eigenvalue weighted by molar-refractivity contribution is 7.13. The van der Waals surface area contributed by atoms with Crippen LogP contribution in [-0.4, -0.2) is 0 Å².